The molecule has 2 aromatic carbocycles. The summed E-state index contributed by atoms with van der Waals surface area (Å²) in [4.78, 5) is 4.44. The van der Waals surface area contributed by atoms with Gasteiger partial charge >= 0.3 is 0 Å². The second-order valence-electron chi connectivity index (χ2n) is 5.68. The number of benzene rings is 2. The average molecular weight is 330 g/mol. The van der Waals surface area contributed by atoms with E-state index >= 15 is 0 Å². The second kappa shape index (κ2) is 5.56. The number of fused-ring (bicyclic) bond motifs is 2. The third kappa shape index (κ3) is 2.03. The molecule has 0 aliphatic carbocycles. The number of hydrogen-bond donors (Lipinski definition) is 0. The van der Waals surface area contributed by atoms with Crippen molar-refractivity contribution in [2.75, 3.05) is 13.7 Å². The molecule has 2 heterocycles. The molecule has 0 amide bonds. The number of hydrogen-bond acceptors (Lipinski definition) is 3. The van der Waals surface area contributed by atoms with Crippen LogP contribution in [-0.4, -0.2) is 23.3 Å². The van der Waals surface area contributed by atoms with Crippen molar-refractivity contribution in [3.8, 4) is 11.4 Å². The molecule has 0 bridgehead atoms. The van der Waals surface area contributed by atoms with Gasteiger partial charge in [0, 0.05) is 19.1 Å². The summed E-state index contributed by atoms with van der Waals surface area (Å²) in [5.74, 6) is -0.525. The number of rotatable bonds is 3. The van der Waals surface area contributed by atoms with Crippen LogP contribution in [0.2, 0.25) is 0 Å². The van der Waals surface area contributed by atoms with E-state index in [2.05, 4.69) is 4.98 Å². The lowest BCUT2D eigenvalue weighted by Crippen LogP contribution is -2.04. The summed E-state index contributed by atoms with van der Waals surface area (Å²) in [5, 5.41) is 0. The van der Waals surface area contributed by atoms with E-state index in [9.17, 15) is 8.78 Å². The maximum atomic E-state index is 14.5. The molecule has 0 radical (unpaired) electrons. The van der Waals surface area contributed by atoms with Crippen LogP contribution in [0.25, 0.3) is 16.7 Å². The highest BCUT2D eigenvalue weighted by Crippen LogP contribution is 2.40. The van der Waals surface area contributed by atoms with Crippen LogP contribution in [0.3, 0.4) is 0 Å². The monoisotopic (exact) mass is 330 g/mol. The van der Waals surface area contributed by atoms with Crippen molar-refractivity contribution in [3.63, 3.8) is 0 Å². The van der Waals surface area contributed by atoms with E-state index in [0.29, 0.717) is 35.8 Å². The molecule has 4 nitrogen and oxygen atoms in total. The predicted molar refractivity (Wildman–Crippen MR) is 85.6 cm³/mol. The van der Waals surface area contributed by atoms with E-state index in [1.807, 2.05) is 25.1 Å². The molecule has 0 spiro atoms. The number of nitrogens with zero attached hydrogens (tertiary/aromatic N) is 2. The fourth-order valence-corrected chi connectivity index (χ4v) is 3.22. The zero-order chi connectivity index (χ0) is 16.8. The average Bonchev–Trinajstić information content (AvgIpc) is 3.19. The lowest BCUT2D eigenvalue weighted by Gasteiger charge is -2.13. The largest absolute Gasteiger partial charge is 0.488 e. The van der Waals surface area contributed by atoms with Gasteiger partial charge in [0.2, 0.25) is 0 Å². The van der Waals surface area contributed by atoms with E-state index in [1.54, 1.807) is 11.7 Å². The molecule has 1 aliphatic rings. The van der Waals surface area contributed by atoms with E-state index in [-0.39, 0.29) is 11.6 Å². The maximum absolute atomic E-state index is 14.5. The number of para-hydroxylation sites is 1. The van der Waals surface area contributed by atoms with Crippen LogP contribution in [0.4, 0.5) is 8.78 Å². The van der Waals surface area contributed by atoms with Gasteiger partial charge in [0.1, 0.15) is 29.8 Å². The molecule has 0 saturated heterocycles. The van der Waals surface area contributed by atoms with Crippen molar-refractivity contribution < 1.29 is 18.3 Å². The van der Waals surface area contributed by atoms with E-state index < -0.39 is 11.6 Å². The second-order valence-corrected chi connectivity index (χ2v) is 5.68. The highest BCUT2D eigenvalue weighted by molar-refractivity contribution is 5.80. The first kappa shape index (κ1) is 15.1. The van der Waals surface area contributed by atoms with Gasteiger partial charge in [-0.3, -0.25) is 4.57 Å². The molecule has 1 atom stereocenters. The molecular weight excluding hydrogens is 314 g/mol. The molecule has 1 aliphatic heterocycles. The van der Waals surface area contributed by atoms with Crippen molar-refractivity contribution >= 4 is 11.0 Å². The number of methoxy groups -OCH3 is 1. The third-order valence-corrected chi connectivity index (χ3v) is 4.37. The molecule has 3 aromatic rings. The molecule has 0 saturated carbocycles. The maximum Gasteiger partial charge on any atom is 0.185 e. The van der Waals surface area contributed by atoms with Crippen LogP contribution < -0.4 is 4.74 Å². The molecule has 0 N–H and O–H groups in total. The van der Waals surface area contributed by atoms with Crippen molar-refractivity contribution in [2.45, 2.75) is 19.4 Å². The summed E-state index contributed by atoms with van der Waals surface area (Å²) in [7, 11) is 1.62. The van der Waals surface area contributed by atoms with Crippen molar-refractivity contribution in [1.82, 2.24) is 9.55 Å². The Morgan fingerprint density at radius 3 is 2.88 bits per heavy atom. The zero-order valence-electron chi connectivity index (χ0n) is 13.3. The van der Waals surface area contributed by atoms with Gasteiger partial charge in [-0.2, -0.15) is 0 Å². The fraction of sp³-hybridized carbons (Fsp3) is 0.278. The normalized spacial score (nSPS) is 16.4. The minimum Gasteiger partial charge on any atom is -0.488 e. The third-order valence-electron chi connectivity index (χ3n) is 4.37. The Bertz CT molecular complexity index is 936. The van der Waals surface area contributed by atoms with Crippen LogP contribution in [0.15, 0.2) is 30.3 Å². The SMILES string of the molecule is CCc1nc2ccc(F)c(F)c2n1-c1cccc2c1OCC2OC. The molecule has 1 aromatic heterocycles. The van der Waals surface area contributed by atoms with Gasteiger partial charge in [-0.1, -0.05) is 19.1 Å². The van der Waals surface area contributed by atoms with Crippen LogP contribution in [-0.2, 0) is 11.2 Å². The standard InChI is InChI=1S/C18H16F2N2O2/c1-3-15-21-12-8-7-11(19)16(20)17(12)22(15)13-6-4-5-10-14(23-2)9-24-18(10)13/h4-8,14H,3,9H2,1-2H3. The Labute approximate surface area is 137 Å². The number of aryl methyl sites for hydroxylation is 1. The first-order chi connectivity index (χ1) is 11.7. The molecule has 1 unspecified atom stereocenters. The van der Waals surface area contributed by atoms with E-state index in [0.717, 1.165) is 11.6 Å². The summed E-state index contributed by atoms with van der Waals surface area (Å²) in [5.41, 5.74) is 2.10. The van der Waals surface area contributed by atoms with Crippen LogP contribution >= 0.6 is 0 Å². The van der Waals surface area contributed by atoms with Crippen molar-refractivity contribution in [3.05, 3.63) is 53.4 Å². The lowest BCUT2D eigenvalue weighted by atomic mass is 10.1. The molecular formula is C18H16F2N2O2. The summed E-state index contributed by atoms with van der Waals surface area (Å²) in [6.45, 7) is 2.32. The molecule has 0 fully saturated rings. The number of ether oxygens (including phenoxy) is 2. The molecule has 6 heteroatoms. The number of halogens is 2. The van der Waals surface area contributed by atoms with E-state index in [1.165, 1.54) is 6.07 Å². The zero-order valence-corrected chi connectivity index (χ0v) is 13.3. The quantitative estimate of drug-likeness (QED) is 0.730. The highest BCUT2D eigenvalue weighted by atomic mass is 19.2. The van der Waals surface area contributed by atoms with Gasteiger partial charge in [-0.05, 0) is 18.2 Å². The first-order valence-electron chi connectivity index (χ1n) is 7.80. The van der Waals surface area contributed by atoms with Gasteiger partial charge in [0.25, 0.3) is 0 Å². The van der Waals surface area contributed by atoms with Gasteiger partial charge in [0.15, 0.2) is 11.6 Å². The number of aromatic nitrogens is 2. The number of imidazole rings is 1. The Morgan fingerprint density at radius 2 is 2.12 bits per heavy atom. The lowest BCUT2D eigenvalue weighted by molar-refractivity contribution is 0.0817. The van der Waals surface area contributed by atoms with Gasteiger partial charge in [-0.25, -0.2) is 13.8 Å². The van der Waals surface area contributed by atoms with E-state index in [4.69, 9.17) is 9.47 Å². The van der Waals surface area contributed by atoms with Gasteiger partial charge in [-0.15, -0.1) is 0 Å². The Hall–Kier alpha value is -2.47. The summed E-state index contributed by atoms with van der Waals surface area (Å²) < 4.78 is 41.1. The smallest absolute Gasteiger partial charge is 0.185 e. The molecule has 4 rings (SSSR count). The molecule has 24 heavy (non-hydrogen) atoms. The minimum atomic E-state index is -0.904. The Kier molecular flexibility index (Phi) is 3.49. The minimum absolute atomic E-state index is 0.129. The van der Waals surface area contributed by atoms with Crippen molar-refractivity contribution in [1.29, 1.82) is 0 Å². The topological polar surface area (TPSA) is 36.3 Å². The summed E-state index contributed by atoms with van der Waals surface area (Å²) >= 11 is 0. The predicted octanol–water partition coefficient (Wildman–Crippen LogP) is 3.95. The Balaban J connectivity index is 2.05. The van der Waals surface area contributed by atoms with Crippen LogP contribution in [0, 0.1) is 11.6 Å². The first-order valence-corrected chi connectivity index (χ1v) is 7.80. The summed E-state index contributed by atoms with van der Waals surface area (Å²) in [6, 6.07) is 8.19. The van der Waals surface area contributed by atoms with Crippen molar-refractivity contribution in [2.24, 2.45) is 0 Å². The van der Waals surface area contributed by atoms with Crippen LogP contribution in [0.1, 0.15) is 24.4 Å². The fourth-order valence-electron chi connectivity index (χ4n) is 3.22. The molecule has 124 valence electrons. The highest BCUT2D eigenvalue weighted by Gasteiger charge is 2.29. The summed E-state index contributed by atoms with van der Waals surface area (Å²) in [6.07, 6.45) is 0.411. The van der Waals surface area contributed by atoms with Gasteiger partial charge < -0.3 is 9.47 Å². The Morgan fingerprint density at radius 1 is 1.29 bits per heavy atom. The van der Waals surface area contributed by atoms with Crippen LogP contribution in [0.5, 0.6) is 5.75 Å². The van der Waals surface area contributed by atoms with Gasteiger partial charge in [0.05, 0.1) is 11.2 Å².